The van der Waals surface area contributed by atoms with Gasteiger partial charge in [-0.05, 0) is 12.1 Å². The molecule has 0 saturated heterocycles. The molecule has 0 spiro atoms. The summed E-state index contributed by atoms with van der Waals surface area (Å²) in [6, 6.07) is 3.95. The van der Waals surface area contributed by atoms with Gasteiger partial charge in [-0.3, -0.25) is 4.68 Å². The zero-order chi connectivity index (χ0) is 9.10. The third kappa shape index (κ3) is 1.78. The second-order valence-corrected chi connectivity index (χ2v) is 2.90. The lowest BCUT2D eigenvalue weighted by Crippen LogP contribution is -1.99. The Morgan fingerprint density at radius 3 is 3.08 bits per heavy atom. The molecule has 0 bridgehead atoms. The molecule has 4 heteroatoms. The van der Waals surface area contributed by atoms with Crippen LogP contribution in [0.3, 0.4) is 0 Å². The SMILES string of the molecule is OCc1cnn(Cc2ccc[nH]2)c1. The first-order chi connectivity index (χ1) is 6.38. The molecule has 68 valence electrons. The topological polar surface area (TPSA) is 53.8 Å². The van der Waals surface area contributed by atoms with E-state index < -0.39 is 0 Å². The molecular weight excluding hydrogens is 166 g/mol. The highest BCUT2D eigenvalue weighted by molar-refractivity contribution is 5.06. The maximum atomic E-state index is 8.82. The molecule has 2 rings (SSSR count). The number of rotatable bonds is 3. The molecular formula is C9H11N3O. The molecule has 0 saturated carbocycles. The Balaban J connectivity index is 2.10. The van der Waals surface area contributed by atoms with Gasteiger partial charge in [0.1, 0.15) is 0 Å². The van der Waals surface area contributed by atoms with Gasteiger partial charge in [0.25, 0.3) is 0 Å². The van der Waals surface area contributed by atoms with Crippen LogP contribution in [0.5, 0.6) is 0 Å². The first-order valence-corrected chi connectivity index (χ1v) is 4.13. The highest BCUT2D eigenvalue weighted by Crippen LogP contribution is 2.01. The van der Waals surface area contributed by atoms with Gasteiger partial charge in [0.2, 0.25) is 0 Å². The van der Waals surface area contributed by atoms with Gasteiger partial charge in [-0.15, -0.1) is 0 Å². The Morgan fingerprint density at radius 1 is 1.54 bits per heavy atom. The van der Waals surface area contributed by atoms with Crippen molar-refractivity contribution < 1.29 is 5.11 Å². The van der Waals surface area contributed by atoms with Crippen LogP contribution in [0, 0.1) is 0 Å². The van der Waals surface area contributed by atoms with Crippen LogP contribution in [0.1, 0.15) is 11.3 Å². The van der Waals surface area contributed by atoms with E-state index in [1.165, 1.54) is 0 Å². The van der Waals surface area contributed by atoms with Crippen molar-refractivity contribution in [3.63, 3.8) is 0 Å². The molecule has 4 nitrogen and oxygen atoms in total. The van der Waals surface area contributed by atoms with Gasteiger partial charge < -0.3 is 10.1 Å². The van der Waals surface area contributed by atoms with Crippen LogP contribution in [-0.4, -0.2) is 19.9 Å². The fourth-order valence-electron chi connectivity index (χ4n) is 1.21. The minimum Gasteiger partial charge on any atom is -0.392 e. The Kier molecular flexibility index (Phi) is 2.14. The first kappa shape index (κ1) is 8.07. The molecule has 2 aromatic rings. The number of nitrogens with zero attached hydrogens (tertiary/aromatic N) is 2. The third-order valence-corrected chi connectivity index (χ3v) is 1.86. The number of aromatic nitrogens is 3. The number of hydrogen-bond acceptors (Lipinski definition) is 2. The van der Waals surface area contributed by atoms with Crippen molar-refractivity contribution in [2.75, 3.05) is 0 Å². The lowest BCUT2D eigenvalue weighted by molar-refractivity contribution is 0.281. The molecule has 13 heavy (non-hydrogen) atoms. The lowest BCUT2D eigenvalue weighted by atomic mass is 10.4. The minimum absolute atomic E-state index is 0.0464. The fourth-order valence-corrected chi connectivity index (χ4v) is 1.21. The smallest absolute Gasteiger partial charge is 0.0809 e. The second kappa shape index (κ2) is 3.45. The van der Waals surface area contributed by atoms with Crippen molar-refractivity contribution in [1.29, 1.82) is 0 Å². The summed E-state index contributed by atoms with van der Waals surface area (Å²) < 4.78 is 1.79. The van der Waals surface area contributed by atoms with Gasteiger partial charge in [-0.2, -0.15) is 5.10 Å². The van der Waals surface area contributed by atoms with E-state index in [1.807, 2.05) is 24.5 Å². The summed E-state index contributed by atoms with van der Waals surface area (Å²) in [5, 5.41) is 12.9. The van der Waals surface area contributed by atoms with Crippen LogP contribution in [0.2, 0.25) is 0 Å². The van der Waals surface area contributed by atoms with Crippen molar-refractivity contribution in [3.8, 4) is 0 Å². The minimum atomic E-state index is 0.0464. The van der Waals surface area contributed by atoms with Gasteiger partial charge >= 0.3 is 0 Å². The summed E-state index contributed by atoms with van der Waals surface area (Å²) in [5.41, 5.74) is 1.94. The van der Waals surface area contributed by atoms with Gasteiger partial charge in [-0.25, -0.2) is 0 Å². The summed E-state index contributed by atoms with van der Waals surface area (Å²) in [6.07, 6.45) is 5.38. The van der Waals surface area contributed by atoms with E-state index in [0.29, 0.717) is 6.54 Å². The highest BCUT2D eigenvalue weighted by atomic mass is 16.3. The molecule has 2 N–H and O–H groups in total. The molecule has 0 amide bonds. The Morgan fingerprint density at radius 2 is 2.46 bits per heavy atom. The second-order valence-electron chi connectivity index (χ2n) is 2.90. The summed E-state index contributed by atoms with van der Waals surface area (Å²) in [4.78, 5) is 3.09. The maximum Gasteiger partial charge on any atom is 0.0809 e. The first-order valence-electron chi connectivity index (χ1n) is 4.13. The van der Waals surface area contributed by atoms with E-state index in [0.717, 1.165) is 11.3 Å². The van der Waals surface area contributed by atoms with Crippen LogP contribution in [0.25, 0.3) is 0 Å². The predicted octanol–water partition coefficient (Wildman–Crippen LogP) is 0.752. The monoisotopic (exact) mass is 177 g/mol. The van der Waals surface area contributed by atoms with Gasteiger partial charge in [0.15, 0.2) is 0 Å². The van der Waals surface area contributed by atoms with Crippen molar-refractivity contribution in [2.24, 2.45) is 0 Å². The number of aliphatic hydroxyl groups is 1. The number of aromatic amines is 1. The zero-order valence-electron chi connectivity index (χ0n) is 7.14. The van der Waals surface area contributed by atoms with Gasteiger partial charge in [-0.1, -0.05) is 0 Å². The van der Waals surface area contributed by atoms with Crippen LogP contribution in [-0.2, 0) is 13.2 Å². The summed E-state index contributed by atoms with van der Waals surface area (Å²) in [6.45, 7) is 0.762. The quantitative estimate of drug-likeness (QED) is 0.727. The molecule has 0 unspecified atom stereocenters. The van der Waals surface area contributed by atoms with Crippen LogP contribution >= 0.6 is 0 Å². The molecule has 2 heterocycles. The fraction of sp³-hybridized carbons (Fsp3) is 0.222. The molecule has 2 aromatic heterocycles. The largest absolute Gasteiger partial charge is 0.392 e. The summed E-state index contributed by atoms with van der Waals surface area (Å²) in [5.74, 6) is 0. The summed E-state index contributed by atoms with van der Waals surface area (Å²) >= 11 is 0. The van der Waals surface area contributed by atoms with Crippen molar-refractivity contribution >= 4 is 0 Å². The standard InChI is InChI=1S/C9H11N3O/c13-7-8-4-11-12(5-8)6-9-2-1-3-10-9/h1-5,10,13H,6-7H2. The van der Waals surface area contributed by atoms with Gasteiger partial charge in [0, 0.05) is 23.7 Å². The molecule has 0 aromatic carbocycles. The van der Waals surface area contributed by atoms with E-state index in [1.54, 1.807) is 10.9 Å². The Labute approximate surface area is 75.8 Å². The molecule has 0 aliphatic heterocycles. The number of hydrogen-bond donors (Lipinski definition) is 2. The van der Waals surface area contributed by atoms with Crippen LogP contribution in [0.4, 0.5) is 0 Å². The number of aliphatic hydroxyl groups excluding tert-OH is 1. The van der Waals surface area contributed by atoms with Crippen LogP contribution < -0.4 is 0 Å². The average Bonchev–Trinajstić information content (AvgIpc) is 2.76. The molecule has 0 fully saturated rings. The Hall–Kier alpha value is -1.55. The average molecular weight is 177 g/mol. The van der Waals surface area contributed by atoms with E-state index in [9.17, 15) is 0 Å². The molecule has 0 aliphatic rings. The van der Waals surface area contributed by atoms with E-state index in [2.05, 4.69) is 10.1 Å². The van der Waals surface area contributed by atoms with E-state index in [4.69, 9.17) is 5.11 Å². The zero-order valence-corrected chi connectivity index (χ0v) is 7.14. The van der Waals surface area contributed by atoms with Gasteiger partial charge in [0.05, 0.1) is 19.3 Å². The molecule has 0 radical (unpaired) electrons. The lowest BCUT2D eigenvalue weighted by Gasteiger charge is -1.97. The van der Waals surface area contributed by atoms with Crippen molar-refractivity contribution in [3.05, 3.63) is 42.0 Å². The van der Waals surface area contributed by atoms with Crippen molar-refractivity contribution in [1.82, 2.24) is 14.8 Å². The molecule has 0 atom stereocenters. The van der Waals surface area contributed by atoms with Crippen molar-refractivity contribution in [2.45, 2.75) is 13.2 Å². The Bertz CT molecular complexity index is 364. The number of H-pyrrole nitrogens is 1. The maximum absolute atomic E-state index is 8.82. The third-order valence-electron chi connectivity index (χ3n) is 1.86. The molecule has 0 aliphatic carbocycles. The van der Waals surface area contributed by atoms with E-state index >= 15 is 0 Å². The number of nitrogens with one attached hydrogen (secondary N) is 1. The summed E-state index contributed by atoms with van der Waals surface area (Å²) in [7, 11) is 0. The van der Waals surface area contributed by atoms with E-state index in [-0.39, 0.29) is 6.61 Å². The van der Waals surface area contributed by atoms with Crippen LogP contribution in [0.15, 0.2) is 30.7 Å². The normalized spacial score (nSPS) is 10.5. The highest BCUT2D eigenvalue weighted by Gasteiger charge is 1.98. The predicted molar refractivity (Wildman–Crippen MR) is 48.0 cm³/mol.